The minimum atomic E-state index is -1.63. The molecule has 3 heteroatoms. The number of benzene rings is 2. The van der Waals surface area contributed by atoms with Crippen molar-refractivity contribution in [1.29, 1.82) is 0 Å². The first-order chi connectivity index (χ1) is 9.90. The topological polar surface area (TPSA) is 3.24 Å². The van der Waals surface area contributed by atoms with Gasteiger partial charge in [0.25, 0.3) is 0 Å². The van der Waals surface area contributed by atoms with Crippen molar-refractivity contribution in [3.63, 3.8) is 0 Å². The van der Waals surface area contributed by atoms with E-state index in [9.17, 15) is 0 Å². The second-order valence-corrected chi connectivity index (χ2v) is 15.5. The van der Waals surface area contributed by atoms with E-state index in [2.05, 4.69) is 98.0 Å². The summed E-state index contributed by atoms with van der Waals surface area (Å²) < 4.78 is 2.85. The molecular weight excluding hydrogens is 286 g/mol. The van der Waals surface area contributed by atoms with Gasteiger partial charge in [0.15, 0.2) is 0 Å². The maximum atomic E-state index is 2.85. The highest BCUT2D eigenvalue weighted by Gasteiger charge is 2.41. The predicted octanol–water partition coefficient (Wildman–Crippen LogP) is 3.53. The van der Waals surface area contributed by atoms with Gasteiger partial charge < -0.3 is 4.23 Å². The van der Waals surface area contributed by atoms with E-state index >= 15 is 0 Å². The second-order valence-electron chi connectivity index (χ2n) is 6.59. The standard InChI is InChI=1S/C18H27NSi2/c1-6-19(20(2,3)17-13-9-7-10-14-17)21(4,5)18-15-11-8-12-16-18/h7-16H,6H2,1-5H3. The van der Waals surface area contributed by atoms with Crippen LogP contribution in [0, 0.1) is 0 Å². The summed E-state index contributed by atoms with van der Waals surface area (Å²) in [5.41, 5.74) is 0. The van der Waals surface area contributed by atoms with Crippen LogP contribution in [0.15, 0.2) is 60.7 Å². The van der Waals surface area contributed by atoms with E-state index in [1.54, 1.807) is 0 Å². The van der Waals surface area contributed by atoms with Crippen LogP contribution in [0.5, 0.6) is 0 Å². The summed E-state index contributed by atoms with van der Waals surface area (Å²) in [5.74, 6) is 0. The first-order valence-electron chi connectivity index (χ1n) is 7.79. The van der Waals surface area contributed by atoms with Gasteiger partial charge >= 0.3 is 0 Å². The fourth-order valence-corrected chi connectivity index (χ4v) is 14.1. The first kappa shape index (κ1) is 16.2. The molecule has 0 saturated carbocycles. The number of hydrogen-bond acceptors (Lipinski definition) is 1. The monoisotopic (exact) mass is 313 g/mol. The van der Waals surface area contributed by atoms with Gasteiger partial charge in [0.1, 0.15) is 16.5 Å². The van der Waals surface area contributed by atoms with Crippen molar-refractivity contribution < 1.29 is 0 Å². The summed E-state index contributed by atoms with van der Waals surface area (Å²) in [5, 5.41) is 3.06. The zero-order chi connectivity index (χ0) is 15.5. The molecular formula is C18H27NSi2. The molecule has 0 unspecified atom stereocenters. The minimum Gasteiger partial charge on any atom is -0.339 e. The van der Waals surface area contributed by atoms with Crippen LogP contribution in [0.1, 0.15) is 6.92 Å². The van der Waals surface area contributed by atoms with Crippen molar-refractivity contribution in [3.8, 4) is 0 Å². The van der Waals surface area contributed by atoms with Crippen LogP contribution in [-0.2, 0) is 0 Å². The van der Waals surface area contributed by atoms with Crippen molar-refractivity contribution in [2.75, 3.05) is 6.54 Å². The van der Waals surface area contributed by atoms with Crippen molar-refractivity contribution in [1.82, 2.24) is 4.23 Å². The van der Waals surface area contributed by atoms with Crippen LogP contribution in [-0.4, -0.2) is 27.2 Å². The Bertz CT molecular complexity index is 513. The molecule has 2 aromatic rings. The average Bonchev–Trinajstić information content (AvgIpc) is 2.49. The maximum absolute atomic E-state index is 2.85. The minimum absolute atomic E-state index is 1.13. The molecule has 2 rings (SSSR count). The lowest BCUT2D eigenvalue weighted by Gasteiger charge is -2.47. The van der Waals surface area contributed by atoms with Gasteiger partial charge in [0.05, 0.1) is 0 Å². The Morgan fingerprint density at radius 3 is 1.29 bits per heavy atom. The lowest BCUT2D eigenvalue weighted by molar-refractivity contribution is 0.662. The van der Waals surface area contributed by atoms with Gasteiger partial charge in [-0.1, -0.05) is 93.8 Å². The molecule has 0 saturated heterocycles. The van der Waals surface area contributed by atoms with Crippen molar-refractivity contribution in [3.05, 3.63) is 60.7 Å². The summed E-state index contributed by atoms with van der Waals surface area (Å²) in [4.78, 5) is 0. The number of rotatable bonds is 5. The molecule has 0 aliphatic rings. The molecule has 0 atom stereocenters. The fraction of sp³-hybridized carbons (Fsp3) is 0.333. The van der Waals surface area contributed by atoms with Crippen molar-refractivity contribution in [2.24, 2.45) is 0 Å². The number of nitrogens with zero attached hydrogens (tertiary/aromatic N) is 1. The van der Waals surface area contributed by atoms with Crippen LogP contribution in [0.2, 0.25) is 26.2 Å². The van der Waals surface area contributed by atoms with E-state index < -0.39 is 16.5 Å². The van der Waals surface area contributed by atoms with Crippen LogP contribution in [0.3, 0.4) is 0 Å². The van der Waals surface area contributed by atoms with Crippen LogP contribution < -0.4 is 10.4 Å². The molecule has 0 aliphatic carbocycles. The van der Waals surface area contributed by atoms with Gasteiger partial charge in [-0.25, -0.2) is 0 Å². The van der Waals surface area contributed by atoms with Crippen LogP contribution >= 0.6 is 0 Å². The highest BCUT2D eigenvalue weighted by atomic mass is 28.4. The summed E-state index contributed by atoms with van der Waals surface area (Å²) in [6, 6.07) is 22.2. The molecule has 0 radical (unpaired) electrons. The lowest BCUT2D eigenvalue weighted by atomic mass is 10.4. The Kier molecular flexibility index (Phi) is 4.86. The van der Waals surface area contributed by atoms with E-state index in [0.29, 0.717) is 0 Å². The molecule has 0 N–H and O–H groups in total. The molecule has 0 aromatic heterocycles. The Morgan fingerprint density at radius 1 is 0.667 bits per heavy atom. The third-order valence-electron chi connectivity index (χ3n) is 4.63. The highest BCUT2D eigenvalue weighted by Crippen LogP contribution is 2.20. The molecule has 0 spiro atoms. The fourth-order valence-electron chi connectivity index (χ4n) is 3.49. The summed E-state index contributed by atoms with van der Waals surface area (Å²) in [7, 11) is -3.26. The quantitative estimate of drug-likeness (QED) is 0.763. The molecule has 0 aliphatic heterocycles. The third-order valence-corrected chi connectivity index (χ3v) is 14.8. The van der Waals surface area contributed by atoms with E-state index in [-0.39, 0.29) is 0 Å². The Balaban J connectivity index is 2.43. The summed E-state index contributed by atoms with van der Waals surface area (Å²) in [6.45, 7) is 13.4. The zero-order valence-corrected chi connectivity index (χ0v) is 15.9. The van der Waals surface area contributed by atoms with Gasteiger partial charge in [0.2, 0.25) is 0 Å². The van der Waals surface area contributed by atoms with Gasteiger partial charge in [-0.05, 0) is 16.9 Å². The lowest BCUT2D eigenvalue weighted by Crippen LogP contribution is -2.71. The Hall–Kier alpha value is -1.17. The highest BCUT2D eigenvalue weighted by molar-refractivity contribution is 7.02. The Morgan fingerprint density at radius 2 is 1.00 bits per heavy atom. The SMILES string of the molecule is CCN([Si](C)(C)c1ccccc1)[Si](C)(C)c1ccccc1. The van der Waals surface area contributed by atoms with Crippen LogP contribution in [0.4, 0.5) is 0 Å². The van der Waals surface area contributed by atoms with Crippen molar-refractivity contribution >= 4 is 26.8 Å². The smallest absolute Gasteiger partial charge is 0.147 e. The molecule has 1 nitrogen and oxygen atoms in total. The maximum Gasteiger partial charge on any atom is 0.147 e. The summed E-state index contributed by atoms with van der Waals surface area (Å²) in [6.07, 6.45) is 0. The largest absolute Gasteiger partial charge is 0.339 e. The van der Waals surface area contributed by atoms with E-state index in [1.807, 2.05) is 0 Å². The summed E-state index contributed by atoms with van der Waals surface area (Å²) >= 11 is 0. The number of hydrogen-bond donors (Lipinski definition) is 0. The van der Waals surface area contributed by atoms with Gasteiger partial charge in [-0.3, -0.25) is 0 Å². The van der Waals surface area contributed by atoms with Gasteiger partial charge in [0, 0.05) is 0 Å². The van der Waals surface area contributed by atoms with E-state index in [4.69, 9.17) is 0 Å². The molecule has 0 amide bonds. The molecule has 112 valence electrons. The van der Waals surface area contributed by atoms with E-state index in [0.717, 1.165) is 6.54 Å². The Labute approximate surface area is 131 Å². The predicted molar refractivity (Wildman–Crippen MR) is 99.5 cm³/mol. The van der Waals surface area contributed by atoms with Crippen molar-refractivity contribution in [2.45, 2.75) is 33.1 Å². The molecule has 0 fully saturated rings. The third kappa shape index (κ3) is 3.20. The second kappa shape index (κ2) is 6.30. The van der Waals surface area contributed by atoms with Crippen LogP contribution in [0.25, 0.3) is 0 Å². The normalized spacial score (nSPS) is 12.7. The first-order valence-corrected chi connectivity index (χ1v) is 13.7. The van der Waals surface area contributed by atoms with Gasteiger partial charge in [-0.2, -0.15) is 0 Å². The van der Waals surface area contributed by atoms with Gasteiger partial charge in [-0.15, -0.1) is 0 Å². The van der Waals surface area contributed by atoms with E-state index in [1.165, 1.54) is 10.4 Å². The zero-order valence-electron chi connectivity index (χ0n) is 13.9. The average molecular weight is 314 g/mol. The molecule has 2 aromatic carbocycles. The molecule has 0 heterocycles. The molecule has 0 bridgehead atoms. The molecule has 21 heavy (non-hydrogen) atoms.